The van der Waals surface area contributed by atoms with Gasteiger partial charge < -0.3 is 4.90 Å². The van der Waals surface area contributed by atoms with E-state index in [0.29, 0.717) is 13.0 Å². The molecule has 1 atom stereocenters. The molecule has 0 bridgehead atoms. The normalized spacial score (nSPS) is 16.9. The van der Waals surface area contributed by atoms with Crippen LogP contribution in [0.1, 0.15) is 40.9 Å². The van der Waals surface area contributed by atoms with Crippen LogP contribution in [-0.4, -0.2) is 16.6 Å². The van der Waals surface area contributed by atoms with Crippen LogP contribution in [0.2, 0.25) is 0 Å². The summed E-state index contributed by atoms with van der Waals surface area (Å²) in [5.41, 5.74) is 2.76. The summed E-state index contributed by atoms with van der Waals surface area (Å²) in [4.78, 5) is 26.0. The van der Waals surface area contributed by atoms with Crippen LogP contribution in [0, 0.1) is 0 Å². The number of rotatable bonds is 4. The van der Waals surface area contributed by atoms with Gasteiger partial charge >= 0.3 is 0 Å². The molecule has 3 heteroatoms. The van der Waals surface area contributed by atoms with Gasteiger partial charge in [-0.15, -0.1) is 0 Å². The van der Waals surface area contributed by atoms with E-state index < -0.39 is 0 Å². The van der Waals surface area contributed by atoms with E-state index in [0.717, 1.165) is 16.7 Å². The number of hydrogen-bond donors (Lipinski definition) is 0. The summed E-state index contributed by atoms with van der Waals surface area (Å²) in [6, 6.07) is 17.3. The average Bonchev–Trinajstić information content (AvgIpc) is 2.74. The van der Waals surface area contributed by atoms with Gasteiger partial charge in [-0.2, -0.15) is 0 Å². The topological polar surface area (TPSA) is 37.4 Å². The van der Waals surface area contributed by atoms with Gasteiger partial charge in [0.15, 0.2) is 0 Å². The van der Waals surface area contributed by atoms with E-state index in [4.69, 9.17) is 0 Å². The Hall–Kier alpha value is -2.42. The fraction of sp³-hybridized carbons (Fsp3) is 0.222. The van der Waals surface area contributed by atoms with Crippen molar-refractivity contribution in [2.45, 2.75) is 25.9 Å². The number of fused-ring (bicyclic) bond motifs is 1. The third-order valence-corrected chi connectivity index (χ3v) is 3.86. The molecule has 2 aromatic rings. The van der Waals surface area contributed by atoms with Gasteiger partial charge in [0.25, 0.3) is 5.91 Å². The second kappa shape index (κ2) is 5.52. The van der Waals surface area contributed by atoms with Gasteiger partial charge in [-0.1, -0.05) is 48.5 Å². The number of carbonyl (C=O) groups excluding carboxylic acids is 2. The van der Waals surface area contributed by atoms with E-state index in [1.54, 1.807) is 11.8 Å². The molecule has 0 N–H and O–H groups in total. The van der Waals surface area contributed by atoms with Gasteiger partial charge in [0, 0.05) is 18.5 Å². The van der Waals surface area contributed by atoms with Gasteiger partial charge in [-0.05, 0) is 24.1 Å². The molecule has 0 aliphatic carbocycles. The summed E-state index contributed by atoms with van der Waals surface area (Å²) in [5, 5.41) is 0. The quantitative estimate of drug-likeness (QED) is 0.860. The summed E-state index contributed by atoms with van der Waals surface area (Å²) >= 11 is 0. The van der Waals surface area contributed by atoms with Crippen molar-refractivity contribution < 1.29 is 9.59 Å². The highest BCUT2D eigenvalue weighted by molar-refractivity contribution is 5.99. The molecule has 2 aromatic carbocycles. The number of ketones is 1. The molecule has 1 heterocycles. The lowest BCUT2D eigenvalue weighted by Gasteiger charge is -2.24. The molecular formula is C18H17NO2. The molecule has 3 nitrogen and oxygen atoms in total. The molecule has 1 aliphatic heterocycles. The van der Waals surface area contributed by atoms with Crippen LogP contribution in [0.4, 0.5) is 0 Å². The van der Waals surface area contributed by atoms with Crippen LogP contribution in [-0.2, 0) is 11.3 Å². The van der Waals surface area contributed by atoms with Crippen molar-refractivity contribution in [2.24, 2.45) is 0 Å². The summed E-state index contributed by atoms with van der Waals surface area (Å²) in [6.45, 7) is 2.11. The Labute approximate surface area is 124 Å². The minimum absolute atomic E-state index is 0.0145. The molecular weight excluding hydrogens is 262 g/mol. The Morgan fingerprint density at radius 2 is 1.71 bits per heavy atom. The Kier molecular flexibility index (Phi) is 3.57. The zero-order valence-electron chi connectivity index (χ0n) is 12.0. The van der Waals surface area contributed by atoms with Crippen molar-refractivity contribution in [1.82, 2.24) is 4.90 Å². The maximum absolute atomic E-state index is 12.6. The maximum Gasteiger partial charge on any atom is 0.255 e. The van der Waals surface area contributed by atoms with Gasteiger partial charge in [0.1, 0.15) is 5.78 Å². The van der Waals surface area contributed by atoms with E-state index in [1.807, 2.05) is 54.6 Å². The van der Waals surface area contributed by atoms with Gasteiger partial charge in [-0.25, -0.2) is 0 Å². The minimum atomic E-state index is -0.147. The number of Topliss-reactive ketones (excluding diaryl/α,β-unsaturated/α-hetero) is 1. The van der Waals surface area contributed by atoms with Crippen LogP contribution in [0.25, 0.3) is 0 Å². The maximum atomic E-state index is 12.6. The summed E-state index contributed by atoms with van der Waals surface area (Å²) in [6.07, 6.45) is 0.371. The number of carbonyl (C=O) groups is 2. The molecule has 3 rings (SSSR count). The number of amides is 1. The molecule has 1 aliphatic rings. The van der Waals surface area contributed by atoms with Gasteiger partial charge in [-0.3, -0.25) is 9.59 Å². The van der Waals surface area contributed by atoms with Crippen LogP contribution in [0.5, 0.6) is 0 Å². The van der Waals surface area contributed by atoms with E-state index in [1.165, 1.54) is 0 Å². The fourth-order valence-electron chi connectivity index (χ4n) is 2.90. The van der Waals surface area contributed by atoms with Crippen molar-refractivity contribution in [3.63, 3.8) is 0 Å². The Bertz CT molecular complexity index is 679. The standard InChI is InChI=1S/C18H17NO2/c1-13(20)11-17-15-9-5-6-10-16(15)18(21)19(17)12-14-7-3-2-4-8-14/h2-10,17H,11-12H2,1H3. The third kappa shape index (κ3) is 2.59. The predicted molar refractivity (Wildman–Crippen MR) is 80.8 cm³/mol. The SMILES string of the molecule is CC(=O)CC1c2ccccc2C(=O)N1Cc1ccccc1. The Morgan fingerprint density at radius 3 is 2.43 bits per heavy atom. The lowest BCUT2D eigenvalue weighted by molar-refractivity contribution is -0.118. The van der Waals surface area contributed by atoms with Gasteiger partial charge in [0.2, 0.25) is 0 Å². The van der Waals surface area contributed by atoms with E-state index >= 15 is 0 Å². The molecule has 0 radical (unpaired) electrons. The van der Waals surface area contributed by atoms with E-state index in [2.05, 4.69) is 0 Å². The smallest absolute Gasteiger partial charge is 0.255 e. The Morgan fingerprint density at radius 1 is 1.05 bits per heavy atom. The van der Waals surface area contributed by atoms with Crippen LogP contribution >= 0.6 is 0 Å². The van der Waals surface area contributed by atoms with Crippen molar-refractivity contribution in [3.8, 4) is 0 Å². The average molecular weight is 279 g/mol. The number of benzene rings is 2. The lowest BCUT2D eigenvalue weighted by atomic mass is 10.0. The second-order valence-corrected chi connectivity index (χ2v) is 5.43. The van der Waals surface area contributed by atoms with Crippen molar-refractivity contribution in [2.75, 3.05) is 0 Å². The van der Waals surface area contributed by atoms with Crippen LogP contribution in [0.3, 0.4) is 0 Å². The van der Waals surface area contributed by atoms with Crippen LogP contribution in [0.15, 0.2) is 54.6 Å². The summed E-state index contributed by atoms with van der Waals surface area (Å²) in [5.74, 6) is 0.114. The van der Waals surface area contributed by atoms with Crippen LogP contribution < -0.4 is 0 Å². The highest BCUT2D eigenvalue weighted by atomic mass is 16.2. The van der Waals surface area contributed by atoms with E-state index in [9.17, 15) is 9.59 Å². The molecule has 1 unspecified atom stereocenters. The molecule has 0 saturated carbocycles. The monoisotopic (exact) mass is 279 g/mol. The first-order valence-corrected chi connectivity index (χ1v) is 7.10. The summed E-state index contributed by atoms with van der Waals surface area (Å²) < 4.78 is 0. The van der Waals surface area contributed by atoms with Gasteiger partial charge in [0.05, 0.1) is 6.04 Å². The summed E-state index contributed by atoms with van der Waals surface area (Å²) in [7, 11) is 0. The molecule has 1 amide bonds. The lowest BCUT2D eigenvalue weighted by Crippen LogP contribution is -2.28. The highest BCUT2D eigenvalue weighted by Crippen LogP contribution is 2.36. The number of nitrogens with zero attached hydrogens (tertiary/aromatic N) is 1. The first-order chi connectivity index (χ1) is 10.2. The number of hydrogen-bond acceptors (Lipinski definition) is 2. The molecule has 106 valence electrons. The fourth-order valence-corrected chi connectivity index (χ4v) is 2.90. The first-order valence-electron chi connectivity index (χ1n) is 7.10. The molecule has 0 spiro atoms. The van der Waals surface area contributed by atoms with Crippen molar-refractivity contribution >= 4 is 11.7 Å². The van der Waals surface area contributed by atoms with E-state index in [-0.39, 0.29) is 17.7 Å². The zero-order valence-corrected chi connectivity index (χ0v) is 12.0. The molecule has 21 heavy (non-hydrogen) atoms. The minimum Gasteiger partial charge on any atom is -0.327 e. The van der Waals surface area contributed by atoms with Crippen molar-refractivity contribution in [3.05, 3.63) is 71.3 Å². The molecule has 0 fully saturated rings. The molecule has 0 aromatic heterocycles. The second-order valence-electron chi connectivity index (χ2n) is 5.43. The third-order valence-electron chi connectivity index (χ3n) is 3.86. The zero-order chi connectivity index (χ0) is 14.8. The first kappa shape index (κ1) is 13.6. The molecule has 0 saturated heterocycles. The van der Waals surface area contributed by atoms with Crippen molar-refractivity contribution in [1.29, 1.82) is 0 Å². The predicted octanol–water partition coefficient (Wildman–Crippen LogP) is 3.36. The highest BCUT2D eigenvalue weighted by Gasteiger charge is 2.36. The Balaban J connectivity index is 1.95. The largest absolute Gasteiger partial charge is 0.327 e.